The molecule has 1 unspecified atom stereocenters. The molecule has 0 bridgehead atoms. The van der Waals surface area contributed by atoms with Crippen molar-refractivity contribution in [3.05, 3.63) is 18.7 Å². The maximum absolute atomic E-state index is 13.0. The lowest BCUT2D eigenvalue weighted by atomic mass is 10.5. The summed E-state index contributed by atoms with van der Waals surface area (Å²) in [6.07, 6.45) is -2.10. The monoisotopic (exact) mass is 221 g/mol. The number of imidazole rings is 1. The molecule has 7 heteroatoms. The highest BCUT2D eigenvalue weighted by molar-refractivity contribution is 5.76. The summed E-state index contributed by atoms with van der Waals surface area (Å²) in [6.45, 7) is 1.28. The second-order valence-corrected chi connectivity index (χ2v) is 2.75. The molecule has 84 valence electrons. The highest BCUT2D eigenvalue weighted by Crippen LogP contribution is 2.12. The first-order valence-electron chi connectivity index (χ1n) is 4.29. The Morgan fingerprint density at radius 2 is 2.20 bits per heavy atom. The van der Waals surface area contributed by atoms with Gasteiger partial charge >= 0.3 is 6.03 Å². The van der Waals surface area contributed by atoms with Gasteiger partial charge in [0.2, 0.25) is 6.30 Å². The van der Waals surface area contributed by atoms with Crippen molar-refractivity contribution in [1.29, 1.82) is 0 Å². The Labute approximate surface area is 84.3 Å². The van der Waals surface area contributed by atoms with Crippen molar-refractivity contribution in [3.8, 4) is 0 Å². The topological polar surface area (TPSA) is 38.1 Å². The van der Waals surface area contributed by atoms with Crippen LogP contribution in [0.15, 0.2) is 18.7 Å². The number of carbonyl (C=O) groups excluding carboxylic acids is 1. The quantitative estimate of drug-likeness (QED) is 0.729. The zero-order valence-electron chi connectivity index (χ0n) is 7.98. The number of amides is 1. The van der Waals surface area contributed by atoms with E-state index in [-0.39, 0.29) is 6.54 Å². The minimum absolute atomic E-state index is 0.136. The number of aromatic nitrogens is 2. The Morgan fingerprint density at radius 3 is 2.60 bits per heavy atom. The van der Waals surface area contributed by atoms with E-state index in [4.69, 9.17) is 0 Å². The standard InChI is InChI=1S/C8H10F3N3O/c1-2-14(7(11)6(9)10)8(15)13-4-3-12-5-13/h3-7H,2H2,1H3. The highest BCUT2D eigenvalue weighted by atomic mass is 19.3. The molecule has 0 saturated carbocycles. The lowest BCUT2D eigenvalue weighted by Crippen LogP contribution is -2.43. The minimum atomic E-state index is -3.21. The van der Waals surface area contributed by atoms with Crippen LogP contribution in [0, 0.1) is 0 Å². The number of alkyl halides is 3. The summed E-state index contributed by atoms with van der Waals surface area (Å²) in [5.41, 5.74) is 0. The average Bonchev–Trinajstić information content (AvgIpc) is 2.71. The molecular formula is C8H10F3N3O. The molecular weight excluding hydrogens is 211 g/mol. The van der Waals surface area contributed by atoms with Crippen LogP contribution in [0.4, 0.5) is 18.0 Å². The molecule has 1 rings (SSSR count). The van der Waals surface area contributed by atoms with Crippen LogP contribution in [0.25, 0.3) is 0 Å². The Bertz CT molecular complexity index is 315. The van der Waals surface area contributed by atoms with E-state index in [1.807, 2.05) is 0 Å². The van der Waals surface area contributed by atoms with Crippen molar-refractivity contribution in [2.45, 2.75) is 19.6 Å². The van der Waals surface area contributed by atoms with Gasteiger partial charge in [-0.25, -0.2) is 22.9 Å². The van der Waals surface area contributed by atoms with Gasteiger partial charge in [-0.3, -0.25) is 9.47 Å². The zero-order chi connectivity index (χ0) is 11.4. The van der Waals surface area contributed by atoms with Gasteiger partial charge in [-0.1, -0.05) is 0 Å². The molecule has 0 aliphatic rings. The van der Waals surface area contributed by atoms with E-state index in [1.54, 1.807) is 0 Å². The molecule has 15 heavy (non-hydrogen) atoms. The van der Waals surface area contributed by atoms with E-state index >= 15 is 0 Å². The van der Waals surface area contributed by atoms with E-state index in [0.29, 0.717) is 4.90 Å². The van der Waals surface area contributed by atoms with Crippen LogP contribution in [-0.4, -0.2) is 39.7 Å². The smallest absolute Gasteiger partial charge is 0.289 e. The SMILES string of the molecule is CCN(C(=O)n1ccnc1)C(F)C(F)F. The molecule has 0 radical (unpaired) electrons. The molecule has 4 nitrogen and oxygen atoms in total. The zero-order valence-corrected chi connectivity index (χ0v) is 7.98. The van der Waals surface area contributed by atoms with Gasteiger partial charge in [-0.2, -0.15) is 0 Å². The largest absolute Gasteiger partial charge is 0.331 e. The maximum atomic E-state index is 13.0. The van der Waals surface area contributed by atoms with Gasteiger partial charge in [-0.05, 0) is 6.92 Å². The summed E-state index contributed by atoms with van der Waals surface area (Å²) in [4.78, 5) is 15.5. The second kappa shape index (κ2) is 4.81. The number of carbonyl (C=O) groups is 1. The van der Waals surface area contributed by atoms with Gasteiger partial charge in [0, 0.05) is 18.9 Å². The predicted molar refractivity (Wildman–Crippen MR) is 46.3 cm³/mol. The molecule has 1 aromatic rings. The summed E-state index contributed by atoms with van der Waals surface area (Å²) in [5.74, 6) is 0. The average molecular weight is 221 g/mol. The first-order chi connectivity index (χ1) is 7.07. The van der Waals surface area contributed by atoms with Crippen LogP contribution in [0.5, 0.6) is 0 Å². The van der Waals surface area contributed by atoms with Crippen LogP contribution < -0.4 is 0 Å². The van der Waals surface area contributed by atoms with Crippen LogP contribution >= 0.6 is 0 Å². The molecule has 1 aromatic heterocycles. The van der Waals surface area contributed by atoms with E-state index in [0.717, 1.165) is 10.9 Å². The van der Waals surface area contributed by atoms with Gasteiger partial charge in [-0.15, -0.1) is 0 Å². The van der Waals surface area contributed by atoms with Crippen LogP contribution in [0.2, 0.25) is 0 Å². The Hall–Kier alpha value is -1.53. The summed E-state index contributed by atoms with van der Waals surface area (Å²) < 4.78 is 38.0. The third kappa shape index (κ3) is 2.48. The Kier molecular flexibility index (Phi) is 3.70. The molecule has 0 aliphatic carbocycles. The van der Waals surface area contributed by atoms with Crippen molar-refractivity contribution >= 4 is 6.03 Å². The van der Waals surface area contributed by atoms with Crippen LogP contribution in [0.3, 0.4) is 0 Å². The van der Waals surface area contributed by atoms with Gasteiger partial charge in [0.15, 0.2) is 0 Å². The normalized spacial score (nSPS) is 12.9. The maximum Gasteiger partial charge on any atom is 0.331 e. The number of hydrogen-bond donors (Lipinski definition) is 0. The number of halogens is 3. The van der Waals surface area contributed by atoms with Crippen molar-refractivity contribution in [2.24, 2.45) is 0 Å². The molecule has 0 N–H and O–H groups in total. The molecule has 0 aliphatic heterocycles. The lowest BCUT2D eigenvalue weighted by Gasteiger charge is -2.23. The van der Waals surface area contributed by atoms with Crippen LogP contribution in [-0.2, 0) is 0 Å². The molecule has 1 heterocycles. The van der Waals surface area contributed by atoms with Crippen molar-refractivity contribution in [1.82, 2.24) is 14.5 Å². The van der Waals surface area contributed by atoms with Gasteiger partial charge in [0.1, 0.15) is 6.33 Å². The van der Waals surface area contributed by atoms with E-state index in [2.05, 4.69) is 4.98 Å². The molecule has 0 fully saturated rings. The summed E-state index contributed by atoms with van der Waals surface area (Å²) >= 11 is 0. The summed E-state index contributed by atoms with van der Waals surface area (Å²) in [7, 11) is 0. The van der Waals surface area contributed by atoms with Crippen molar-refractivity contribution < 1.29 is 18.0 Å². The van der Waals surface area contributed by atoms with Crippen molar-refractivity contribution in [2.75, 3.05) is 6.54 Å². The molecule has 0 saturated heterocycles. The third-order valence-electron chi connectivity index (χ3n) is 1.82. The van der Waals surface area contributed by atoms with Gasteiger partial charge in [0.25, 0.3) is 6.43 Å². The van der Waals surface area contributed by atoms with E-state index in [1.165, 1.54) is 19.3 Å². The van der Waals surface area contributed by atoms with Crippen molar-refractivity contribution in [3.63, 3.8) is 0 Å². The van der Waals surface area contributed by atoms with Crippen LogP contribution in [0.1, 0.15) is 6.92 Å². The molecule has 0 aromatic carbocycles. The fourth-order valence-corrected chi connectivity index (χ4v) is 1.07. The number of hydrogen-bond acceptors (Lipinski definition) is 2. The Balaban J connectivity index is 2.79. The minimum Gasteiger partial charge on any atom is -0.289 e. The third-order valence-corrected chi connectivity index (χ3v) is 1.82. The first kappa shape index (κ1) is 11.5. The predicted octanol–water partition coefficient (Wildman–Crippen LogP) is 1.73. The van der Waals surface area contributed by atoms with Gasteiger partial charge in [0.05, 0.1) is 0 Å². The number of rotatable bonds is 3. The fourth-order valence-electron chi connectivity index (χ4n) is 1.07. The molecule has 1 atom stereocenters. The lowest BCUT2D eigenvalue weighted by molar-refractivity contribution is -0.0266. The fraction of sp³-hybridized carbons (Fsp3) is 0.500. The second-order valence-electron chi connectivity index (χ2n) is 2.75. The summed E-state index contributed by atoms with van der Waals surface area (Å²) in [6, 6.07) is -0.859. The Morgan fingerprint density at radius 1 is 1.53 bits per heavy atom. The molecule has 0 spiro atoms. The summed E-state index contributed by atoms with van der Waals surface area (Å²) in [5, 5.41) is 0. The number of nitrogens with zero attached hydrogens (tertiary/aromatic N) is 3. The van der Waals surface area contributed by atoms with Gasteiger partial charge < -0.3 is 0 Å². The van der Waals surface area contributed by atoms with E-state index in [9.17, 15) is 18.0 Å². The molecule has 1 amide bonds. The van der Waals surface area contributed by atoms with E-state index < -0.39 is 18.8 Å². The highest BCUT2D eigenvalue weighted by Gasteiger charge is 2.30. The first-order valence-corrected chi connectivity index (χ1v) is 4.29.